The van der Waals surface area contributed by atoms with Crippen LogP contribution in [0.5, 0.6) is 0 Å². The summed E-state index contributed by atoms with van der Waals surface area (Å²) in [6, 6.07) is 9.02. The van der Waals surface area contributed by atoms with Crippen molar-refractivity contribution in [2.45, 2.75) is 48.6 Å². The summed E-state index contributed by atoms with van der Waals surface area (Å²) in [5.41, 5.74) is 4.52. The van der Waals surface area contributed by atoms with Crippen molar-refractivity contribution in [2.24, 2.45) is 11.8 Å². The second-order valence-corrected chi connectivity index (χ2v) is 6.94. The summed E-state index contributed by atoms with van der Waals surface area (Å²) in [7, 11) is 0. The molecule has 1 saturated heterocycles. The maximum absolute atomic E-state index is 6.03. The maximum Gasteiger partial charge on any atom is 0.0686 e. The summed E-state index contributed by atoms with van der Waals surface area (Å²) >= 11 is 1.77. The summed E-state index contributed by atoms with van der Waals surface area (Å²) in [6.07, 6.45) is 8.12. The molecular weight excluding hydrogens is 268 g/mol. The monoisotopic (exact) mass is 292 g/mol. The number of hydrogen-bond donors (Lipinski definition) is 2. The van der Waals surface area contributed by atoms with E-state index >= 15 is 0 Å². The molecule has 2 atom stereocenters. The molecule has 1 aromatic rings. The molecule has 2 fully saturated rings. The van der Waals surface area contributed by atoms with Crippen LogP contribution in [0.3, 0.4) is 0 Å². The molecule has 110 valence electrons. The van der Waals surface area contributed by atoms with Crippen molar-refractivity contribution < 1.29 is 4.74 Å². The topological polar surface area (TPSA) is 47.3 Å². The van der Waals surface area contributed by atoms with Crippen LogP contribution in [0, 0.1) is 5.92 Å². The smallest absolute Gasteiger partial charge is 0.0686 e. The summed E-state index contributed by atoms with van der Waals surface area (Å²) in [5.74, 6) is 6.44. The Morgan fingerprint density at radius 1 is 1.35 bits per heavy atom. The highest BCUT2D eigenvalue weighted by atomic mass is 32.2. The van der Waals surface area contributed by atoms with Crippen LogP contribution in [-0.2, 0) is 4.74 Å². The molecule has 1 spiro atoms. The van der Waals surface area contributed by atoms with Crippen LogP contribution in [0.1, 0.15) is 43.7 Å². The quantitative estimate of drug-likeness (QED) is 0.508. The van der Waals surface area contributed by atoms with Crippen LogP contribution in [0.2, 0.25) is 0 Å². The van der Waals surface area contributed by atoms with Crippen LogP contribution in [0.15, 0.2) is 29.2 Å². The number of hydrogen-bond acceptors (Lipinski definition) is 4. The van der Waals surface area contributed by atoms with Gasteiger partial charge in [-0.3, -0.25) is 11.3 Å². The molecule has 1 aromatic carbocycles. The number of rotatable bonds is 4. The van der Waals surface area contributed by atoms with Gasteiger partial charge in [-0.2, -0.15) is 0 Å². The highest BCUT2D eigenvalue weighted by Gasteiger charge is 2.44. The first kappa shape index (κ1) is 14.4. The molecule has 3 rings (SSSR count). The normalized spacial score (nSPS) is 26.2. The second-order valence-electron chi connectivity index (χ2n) is 6.06. The Bertz CT molecular complexity index is 444. The molecule has 20 heavy (non-hydrogen) atoms. The summed E-state index contributed by atoms with van der Waals surface area (Å²) in [6.45, 7) is 0.881. The lowest BCUT2D eigenvalue weighted by atomic mass is 9.70. The van der Waals surface area contributed by atoms with Gasteiger partial charge in [0.1, 0.15) is 0 Å². The van der Waals surface area contributed by atoms with Gasteiger partial charge in [0.15, 0.2) is 0 Å². The van der Waals surface area contributed by atoms with Crippen molar-refractivity contribution in [3.8, 4) is 0 Å². The summed E-state index contributed by atoms with van der Waals surface area (Å²) < 4.78 is 6.03. The van der Waals surface area contributed by atoms with E-state index in [4.69, 9.17) is 10.6 Å². The van der Waals surface area contributed by atoms with Gasteiger partial charge in [0, 0.05) is 17.5 Å². The SMILES string of the molecule is CSc1ccc(C(NN)C2CCOC3(CCC3)C2)cc1. The molecule has 0 radical (unpaired) electrons. The van der Waals surface area contributed by atoms with Crippen molar-refractivity contribution in [1.29, 1.82) is 0 Å². The van der Waals surface area contributed by atoms with Gasteiger partial charge < -0.3 is 4.74 Å². The van der Waals surface area contributed by atoms with Crippen molar-refractivity contribution >= 4 is 11.8 Å². The number of hydrazine groups is 1. The van der Waals surface area contributed by atoms with Gasteiger partial charge in [-0.05, 0) is 62.0 Å². The van der Waals surface area contributed by atoms with Gasteiger partial charge in [0.05, 0.1) is 5.60 Å². The van der Waals surface area contributed by atoms with Gasteiger partial charge >= 0.3 is 0 Å². The Balaban J connectivity index is 1.74. The molecule has 2 aliphatic rings. The van der Waals surface area contributed by atoms with E-state index in [2.05, 4.69) is 35.9 Å². The van der Waals surface area contributed by atoms with Crippen LogP contribution in [0.25, 0.3) is 0 Å². The lowest BCUT2D eigenvalue weighted by Crippen LogP contribution is -2.48. The van der Waals surface area contributed by atoms with Crippen LogP contribution < -0.4 is 11.3 Å². The fourth-order valence-corrected chi connectivity index (χ4v) is 3.99. The van der Waals surface area contributed by atoms with Crippen molar-refractivity contribution in [3.63, 3.8) is 0 Å². The van der Waals surface area contributed by atoms with E-state index in [1.165, 1.54) is 29.7 Å². The fraction of sp³-hybridized carbons (Fsp3) is 0.625. The summed E-state index contributed by atoms with van der Waals surface area (Å²) in [5, 5.41) is 0. The molecular formula is C16H24N2OS. The Morgan fingerprint density at radius 2 is 2.10 bits per heavy atom. The summed E-state index contributed by atoms with van der Waals surface area (Å²) in [4.78, 5) is 1.30. The Hall–Kier alpha value is -0.550. The predicted octanol–water partition coefficient (Wildman–Crippen LogP) is 3.26. The standard InChI is InChI=1S/C16H24N2OS/c1-20-14-5-3-12(4-6-14)15(18-17)13-7-10-19-16(11-13)8-2-9-16/h3-6,13,15,18H,2,7-11,17H2,1H3. The van der Waals surface area contributed by atoms with Crippen molar-refractivity contribution in [3.05, 3.63) is 29.8 Å². The number of thioether (sulfide) groups is 1. The number of nitrogens with two attached hydrogens (primary N) is 1. The molecule has 4 heteroatoms. The van der Waals surface area contributed by atoms with Gasteiger partial charge in [0.25, 0.3) is 0 Å². The van der Waals surface area contributed by atoms with E-state index in [0.29, 0.717) is 5.92 Å². The van der Waals surface area contributed by atoms with Gasteiger partial charge in [-0.25, -0.2) is 0 Å². The number of benzene rings is 1. The zero-order valence-corrected chi connectivity index (χ0v) is 12.9. The van der Waals surface area contributed by atoms with Crippen LogP contribution >= 0.6 is 11.8 Å². The first-order valence-electron chi connectivity index (χ1n) is 7.50. The minimum atomic E-state index is 0.178. The Labute approximate surface area is 125 Å². The molecule has 3 N–H and O–H groups in total. The predicted molar refractivity (Wildman–Crippen MR) is 83.5 cm³/mol. The van der Waals surface area contributed by atoms with Crippen LogP contribution in [0.4, 0.5) is 0 Å². The first-order valence-corrected chi connectivity index (χ1v) is 8.73. The third kappa shape index (κ3) is 2.75. The fourth-order valence-electron chi connectivity index (χ4n) is 3.59. The van der Waals surface area contributed by atoms with E-state index < -0.39 is 0 Å². The van der Waals surface area contributed by atoms with E-state index in [1.807, 2.05) is 0 Å². The lowest BCUT2D eigenvalue weighted by molar-refractivity contribution is -0.147. The van der Waals surface area contributed by atoms with E-state index in [1.54, 1.807) is 11.8 Å². The molecule has 2 unspecified atom stereocenters. The Kier molecular flexibility index (Phi) is 4.36. The average molecular weight is 292 g/mol. The molecule has 1 heterocycles. The zero-order chi connectivity index (χ0) is 14.0. The average Bonchev–Trinajstić information content (AvgIpc) is 2.47. The Morgan fingerprint density at radius 3 is 2.65 bits per heavy atom. The van der Waals surface area contributed by atoms with Gasteiger partial charge in [-0.15, -0.1) is 11.8 Å². The molecule has 1 aliphatic carbocycles. The molecule has 3 nitrogen and oxygen atoms in total. The van der Waals surface area contributed by atoms with Gasteiger partial charge in [0.2, 0.25) is 0 Å². The number of nitrogens with one attached hydrogen (secondary N) is 1. The largest absolute Gasteiger partial charge is 0.375 e. The van der Waals surface area contributed by atoms with E-state index in [9.17, 15) is 0 Å². The number of ether oxygens (including phenoxy) is 1. The third-order valence-corrected chi connectivity index (χ3v) is 5.67. The van der Waals surface area contributed by atoms with Crippen molar-refractivity contribution in [2.75, 3.05) is 12.9 Å². The lowest BCUT2D eigenvalue weighted by Gasteiger charge is -2.48. The van der Waals surface area contributed by atoms with Crippen LogP contribution in [-0.4, -0.2) is 18.5 Å². The first-order chi connectivity index (χ1) is 9.76. The van der Waals surface area contributed by atoms with E-state index in [0.717, 1.165) is 19.4 Å². The third-order valence-electron chi connectivity index (χ3n) is 4.92. The highest BCUT2D eigenvalue weighted by molar-refractivity contribution is 7.98. The van der Waals surface area contributed by atoms with Gasteiger partial charge in [-0.1, -0.05) is 12.1 Å². The molecule has 0 bridgehead atoms. The molecule has 0 amide bonds. The highest BCUT2D eigenvalue weighted by Crippen LogP contribution is 2.47. The minimum Gasteiger partial charge on any atom is -0.375 e. The van der Waals surface area contributed by atoms with Crippen molar-refractivity contribution in [1.82, 2.24) is 5.43 Å². The molecule has 0 aromatic heterocycles. The zero-order valence-electron chi connectivity index (χ0n) is 12.1. The maximum atomic E-state index is 6.03. The van der Waals surface area contributed by atoms with E-state index in [-0.39, 0.29) is 11.6 Å². The molecule has 1 aliphatic heterocycles. The minimum absolute atomic E-state index is 0.178. The molecule has 1 saturated carbocycles. The second kappa shape index (κ2) is 6.06.